The Bertz CT molecular complexity index is 582. The van der Waals surface area contributed by atoms with Crippen LogP contribution < -0.4 is 5.73 Å². The largest absolute Gasteiger partial charge is 0.357 e. The predicted octanol–water partition coefficient (Wildman–Crippen LogP) is 4.36. The van der Waals surface area contributed by atoms with E-state index in [0.717, 1.165) is 23.0 Å². The average Bonchev–Trinajstić information content (AvgIpc) is 3.01. The first-order chi connectivity index (χ1) is 9.22. The van der Waals surface area contributed by atoms with Gasteiger partial charge in [-0.25, -0.2) is 0 Å². The highest BCUT2D eigenvalue weighted by Crippen LogP contribution is 2.41. The van der Waals surface area contributed by atoms with Gasteiger partial charge in [-0.1, -0.05) is 36.6 Å². The number of fused-ring (bicyclic) bond motifs is 1. The molecule has 1 aromatic carbocycles. The molecule has 0 saturated heterocycles. The van der Waals surface area contributed by atoms with Crippen LogP contribution in [0.5, 0.6) is 0 Å². The highest BCUT2D eigenvalue weighted by Gasteiger charge is 2.28. The van der Waals surface area contributed by atoms with Gasteiger partial charge in [-0.3, -0.25) is 0 Å². The number of aromatic nitrogens is 1. The van der Waals surface area contributed by atoms with Crippen molar-refractivity contribution in [2.24, 2.45) is 11.7 Å². The van der Waals surface area contributed by atoms with Crippen LogP contribution >= 0.6 is 11.6 Å². The average molecular weight is 277 g/mol. The Kier molecular flexibility index (Phi) is 3.55. The van der Waals surface area contributed by atoms with Crippen molar-refractivity contribution in [1.29, 1.82) is 0 Å². The molecule has 1 aliphatic carbocycles. The highest BCUT2D eigenvalue weighted by molar-refractivity contribution is 6.35. The first-order valence-electron chi connectivity index (χ1n) is 7.19. The second-order valence-electron chi connectivity index (χ2n) is 5.71. The molecule has 0 aliphatic heterocycles. The number of hydrogen-bond acceptors (Lipinski definition) is 1. The van der Waals surface area contributed by atoms with Gasteiger partial charge >= 0.3 is 0 Å². The van der Waals surface area contributed by atoms with Crippen LogP contribution in [0.2, 0.25) is 5.02 Å². The van der Waals surface area contributed by atoms with Crippen LogP contribution in [-0.4, -0.2) is 11.5 Å². The maximum absolute atomic E-state index is 6.29. The minimum absolute atomic E-state index is 0.467. The zero-order valence-electron chi connectivity index (χ0n) is 11.4. The van der Waals surface area contributed by atoms with E-state index in [-0.39, 0.29) is 0 Å². The standard InChI is InChI=1S/C16H21ClN2/c1-10-15(13(9-18)11-5-2-3-6-11)12-7-4-8-14(17)16(12)19-10/h4,7-8,11,13,19H,2-3,5-6,9,18H2,1H3. The predicted molar refractivity (Wildman–Crippen MR) is 81.8 cm³/mol. The fraction of sp³-hybridized carbons (Fsp3) is 0.500. The minimum atomic E-state index is 0.467. The number of benzene rings is 1. The lowest BCUT2D eigenvalue weighted by Crippen LogP contribution is -2.20. The van der Waals surface area contributed by atoms with E-state index in [9.17, 15) is 0 Å². The molecule has 0 radical (unpaired) electrons. The number of para-hydroxylation sites is 1. The highest BCUT2D eigenvalue weighted by atomic mass is 35.5. The van der Waals surface area contributed by atoms with Gasteiger partial charge in [0.25, 0.3) is 0 Å². The fourth-order valence-corrected chi connectivity index (χ4v) is 3.94. The number of aromatic amines is 1. The second-order valence-corrected chi connectivity index (χ2v) is 6.12. The van der Waals surface area contributed by atoms with Crippen LogP contribution in [0.3, 0.4) is 0 Å². The van der Waals surface area contributed by atoms with Gasteiger partial charge in [0.15, 0.2) is 0 Å². The number of rotatable bonds is 3. The van der Waals surface area contributed by atoms with Gasteiger partial charge in [-0.2, -0.15) is 0 Å². The van der Waals surface area contributed by atoms with Gasteiger partial charge in [-0.05, 0) is 43.9 Å². The van der Waals surface area contributed by atoms with Gasteiger partial charge < -0.3 is 10.7 Å². The summed E-state index contributed by atoms with van der Waals surface area (Å²) in [7, 11) is 0. The van der Waals surface area contributed by atoms with Crippen LogP contribution in [0, 0.1) is 12.8 Å². The Balaban J connectivity index is 2.12. The van der Waals surface area contributed by atoms with Gasteiger partial charge in [0.2, 0.25) is 0 Å². The summed E-state index contributed by atoms with van der Waals surface area (Å²) in [5.74, 6) is 1.20. The number of hydrogen-bond donors (Lipinski definition) is 2. The molecule has 102 valence electrons. The number of aryl methyl sites for hydroxylation is 1. The Morgan fingerprint density at radius 3 is 2.79 bits per heavy atom. The summed E-state index contributed by atoms with van der Waals surface area (Å²) in [6.45, 7) is 2.87. The lowest BCUT2D eigenvalue weighted by molar-refractivity contribution is 0.441. The molecule has 1 saturated carbocycles. The lowest BCUT2D eigenvalue weighted by atomic mass is 9.83. The molecule has 2 nitrogen and oxygen atoms in total. The Morgan fingerprint density at radius 1 is 1.37 bits per heavy atom. The molecule has 3 rings (SSSR count). The molecule has 0 spiro atoms. The zero-order valence-corrected chi connectivity index (χ0v) is 12.1. The first kappa shape index (κ1) is 13.0. The molecule has 0 bridgehead atoms. The third-order valence-corrected chi connectivity index (χ3v) is 4.93. The molecule has 3 N–H and O–H groups in total. The van der Waals surface area contributed by atoms with E-state index in [1.807, 2.05) is 12.1 Å². The van der Waals surface area contributed by atoms with E-state index in [4.69, 9.17) is 17.3 Å². The Labute approximate surface area is 119 Å². The number of nitrogens with two attached hydrogens (primary N) is 1. The van der Waals surface area contributed by atoms with Crippen LogP contribution in [0.4, 0.5) is 0 Å². The van der Waals surface area contributed by atoms with Crippen molar-refractivity contribution in [1.82, 2.24) is 4.98 Å². The Morgan fingerprint density at radius 2 is 2.11 bits per heavy atom. The minimum Gasteiger partial charge on any atom is -0.357 e. The van der Waals surface area contributed by atoms with E-state index < -0.39 is 0 Å². The van der Waals surface area contributed by atoms with Gasteiger partial charge in [0.1, 0.15) is 0 Å². The fourth-order valence-electron chi connectivity index (χ4n) is 3.72. The molecule has 3 heteroatoms. The topological polar surface area (TPSA) is 41.8 Å². The number of halogens is 1. The second kappa shape index (κ2) is 5.18. The molecule has 2 aromatic rings. The van der Waals surface area contributed by atoms with Gasteiger partial charge in [-0.15, -0.1) is 0 Å². The maximum Gasteiger partial charge on any atom is 0.0648 e. The van der Waals surface area contributed by atoms with E-state index in [2.05, 4.69) is 18.0 Å². The molecule has 1 unspecified atom stereocenters. The third-order valence-electron chi connectivity index (χ3n) is 4.61. The molecular weight excluding hydrogens is 256 g/mol. The molecule has 1 aromatic heterocycles. The monoisotopic (exact) mass is 276 g/mol. The number of nitrogens with one attached hydrogen (secondary N) is 1. The van der Waals surface area contributed by atoms with E-state index in [0.29, 0.717) is 5.92 Å². The van der Waals surface area contributed by atoms with Crippen LogP contribution in [0.15, 0.2) is 18.2 Å². The first-order valence-corrected chi connectivity index (χ1v) is 7.57. The smallest absolute Gasteiger partial charge is 0.0648 e. The van der Waals surface area contributed by atoms with E-state index in [1.165, 1.54) is 42.3 Å². The third kappa shape index (κ3) is 2.17. The number of H-pyrrole nitrogens is 1. The van der Waals surface area contributed by atoms with Gasteiger partial charge in [0, 0.05) is 17.0 Å². The maximum atomic E-state index is 6.29. The summed E-state index contributed by atoms with van der Waals surface area (Å²) in [5, 5.41) is 2.06. The normalized spacial score (nSPS) is 18.3. The van der Waals surface area contributed by atoms with Crippen molar-refractivity contribution in [3.8, 4) is 0 Å². The van der Waals surface area contributed by atoms with Crippen molar-refractivity contribution in [2.45, 2.75) is 38.5 Å². The summed E-state index contributed by atoms with van der Waals surface area (Å²) < 4.78 is 0. The quantitative estimate of drug-likeness (QED) is 0.859. The summed E-state index contributed by atoms with van der Waals surface area (Å²) >= 11 is 6.29. The zero-order chi connectivity index (χ0) is 13.4. The summed E-state index contributed by atoms with van der Waals surface area (Å²) in [6, 6.07) is 6.14. The van der Waals surface area contributed by atoms with Crippen molar-refractivity contribution < 1.29 is 0 Å². The molecule has 0 amide bonds. The molecular formula is C16H21ClN2. The van der Waals surface area contributed by atoms with Crippen molar-refractivity contribution in [3.63, 3.8) is 0 Å². The summed E-state index contributed by atoms with van der Waals surface area (Å²) in [4.78, 5) is 3.45. The molecule has 19 heavy (non-hydrogen) atoms. The lowest BCUT2D eigenvalue weighted by Gasteiger charge is -2.22. The Hall–Kier alpha value is -0.990. The van der Waals surface area contributed by atoms with Crippen LogP contribution in [-0.2, 0) is 0 Å². The van der Waals surface area contributed by atoms with Gasteiger partial charge in [0.05, 0.1) is 10.5 Å². The van der Waals surface area contributed by atoms with Crippen molar-refractivity contribution in [2.75, 3.05) is 6.54 Å². The molecule has 1 fully saturated rings. The van der Waals surface area contributed by atoms with Crippen molar-refractivity contribution in [3.05, 3.63) is 34.5 Å². The summed E-state index contributed by atoms with van der Waals surface area (Å²) in [5.41, 5.74) is 9.78. The van der Waals surface area contributed by atoms with Crippen LogP contribution in [0.1, 0.15) is 42.9 Å². The van der Waals surface area contributed by atoms with Crippen molar-refractivity contribution >= 4 is 22.5 Å². The molecule has 1 heterocycles. The molecule has 1 atom stereocenters. The summed E-state index contributed by atoms with van der Waals surface area (Å²) in [6.07, 6.45) is 5.33. The molecule has 1 aliphatic rings. The van der Waals surface area contributed by atoms with E-state index in [1.54, 1.807) is 0 Å². The SMILES string of the molecule is Cc1[nH]c2c(Cl)cccc2c1C(CN)C1CCCC1. The van der Waals surface area contributed by atoms with Crippen LogP contribution in [0.25, 0.3) is 10.9 Å². The van der Waals surface area contributed by atoms with E-state index >= 15 is 0 Å².